The van der Waals surface area contributed by atoms with Crippen LogP contribution in [0.4, 0.5) is 0 Å². The Bertz CT molecular complexity index is 398. The van der Waals surface area contributed by atoms with Crippen LogP contribution >= 0.6 is 0 Å². The standard InChI is InChI=1S/C15H23NO2/c1-11-8-13(3)15(9-12(11)2)18-6-4-14-10-16-5-7-17-14/h8-9,14,16H,4-7,10H2,1-3H3. The van der Waals surface area contributed by atoms with E-state index in [9.17, 15) is 0 Å². The molecule has 1 aliphatic heterocycles. The van der Waals surface area contributed by atoms with Crippen LogP contribution in [-0.2, 0) is 4.74 Å². The van der Waals surface area contributed by atoms with E-state index in [1.165, 1.54) is 16.7 Å². The topological polar surface area (TPSA) is 30.5 Å². The van der Waals surface area contributed by atoms with Crippen molar-refractivity contribution in [1.29, 1.82) is 0 Å². The lowest BCUT2D eigenvalue weighted by molar-refractivity contribution is 0.0158. The molecule has 1 aromatic carbocycles. The van der Waals surface area contributed by atoms with E-state index >= 15 is 0 Å². The molecule has 0 spiro atoms. The molecule has 1 aliphatic rings. The first-order valence-electron chi connectivity index (χ1n) is 6.70. The van der Waals surface area contributed by atoms with Gasteiger partial charge in [0.2, 0.25) is 0 Å². The summed E-state index contributed by atoms with van der Waals surface area (Å²) in [4.78, 5) is 0. The van der Waals surface area contributed by atoms with Crippen molar-refractivity contribution in [3.8, 4) is 5.75 Å². The fraction of sp³-hybridized carbons (Fsp3) is 0.600. The van der Waals surface area contributed by atoms with Gasteiger partial charge in [0.05, 0.1) is 19.3 Å². The molecule has 1 aromatic rings. The summed E-state index contributed by atoms with van der Waals surface area (Å²) < 4.78 is 11.5. The van der Waals surface area contributed by atoms with Crippen LogP contribution in [0.1, 0.15) is 23.1 Å². The molecular formula is C15H23NO2. The fourth-order valence-electron chi connectivity index (χ4n) is 2.19. The molecule has 100 valence electrons. The van der Waals surface area contributed by atoms with Crippen molar-refractivity contribution in [2.75, 3.05) is 26.3 Å². The van der Waals surface area contributed by atoms with Crippen molar-refractivity contribution in [1.82, 2.24) is 5.32 Å². The number of benzene rings is 1. The second-order valence-electron chi connectivity index (χ2n) is 5.04. The fourth-order valence-corrected chi connectivity index (χ4v) is 2.19. The van der Waals surface area contributed by atoms with Gasteiger partial charge in [0.25, 0.3) is 0 Å². The summed E-state index contributed by atoms with van der Waals surface area (Å²) in [5.41, 5.74) is 3.81. The normalized spacial score (nSPS) is 19.8. The maximum absolute atomic E-state index is 5.87. The first-order valence-corrected chi connectivity index (χ1v) is 6.70. The van der Waals surface area contributed by atoms with Gasteiger partial charge in [-0.3, -0.25) is 0 Å². The zero-order valence-corrected chi connectivity index (χ0v) is 11.6. The van der Waals surface area contributed by atoms with Crippen molar-refractivity contribution in [3.05, 3.63) is 28.8 Å². The van der Waals surface area contributed by atoms with Crippen molar-refractivity contribution >= 4 is 0 Å². The van der Waals surface area contributed by atoms with Crippen LogP contribution in [-0.4, -0.2) is 32.4 Å². The second kappa shape index (κ2) is 6.21. The van der Waals surface area contributed by atoms with Crippen LogP contribution in [0, 0.1) is 20.8 Å². The molecule has 2 rings (SSSR count). The lowest BCUT2D eigenvalue weighted by Gasteiger charge is -2.23. The van der Waals surface area contributed by atoms with Crippen LogP contribution in [0.5, 0.6) is 5.75 Å². The number of hydrogen-bond donors (Lipinski definition) is 1. The van der Waals surface area contributed by atoms with Crippen LogP contribution in [0.25, 0.3) is 0 Å². The number of nitrogens with one attached hydrogen (secondary N) is 1. The molecule has 1 heterocycles. The van der Waals surface area contributed by atoms with Gasteiger partial charge in [0, 0.05) is 19.5 Å². The predicted molar refractivity (Wildman–Crippen MR) is 73.4 cm³/mol. The van der Waals surface area contributed by atoms with Gasteiger partial charge in [-0.05, 0) is 43.5 Å². The van der Waals surface area contributed by atoms with E-state index in [2.05, 4.69) is 38.2 Å². The van der Waals surface area contributed by atoms with Gasteiger partial charge < -0.3 is 14.8 Å². The Morgan fingerprint density at radius 1 is 1.22 bits per heavy atom. The van der Waals surface area contributed by atoms with E-state index in [4.69, 9.17) is 9.47 Å². The summed E-state index contributed by atoms with van der Waals surface area (Å²) >= 11 is 0. The number of aryl methyl sites for hydroxylation is 3. The molecule has 1 fully saturated rings. The Kier molecular flexibility index (Phi) is 4.61. The summed E-state index contributed by atoms with van der Waals surface area (Å²) in [5.74, 6) is 1.00. The monoisotopic (exact) mass is 249 g/mol. The molecular weight excluding hydrogens is 226 g/mol. The highest BCUT2D eigenvalue weighted by Crippen LogP contribution is 2.22. The quantitative estimate of drug-likeness (QED) is 0.888. The van der Waals surface area contributed by atoms with E-state index in [0.717, 1.165) is 38.5 Å². The highest BCUT2D eigenvalue weighted by Gasteiger charge is 2.13. The summed E-state index contributed by atoms with van der Waals surface area (Å²) in [6.07, 6.45) is 1.24. The molecule has 1 unspecified atom stereocenters. The first-order chi connectivity index (χ1) is 8.66. The average molecular weight is 249 g/mol. The lowest BCUT2D eigenvalue weighted by Crippen LogP contribution is -2.39. The van der Waals surface area contributed by atoms with E-state index < -0.39 is 0 Å². The van der Waals surface area contributed by atoms with Crippen LogP contribution in [0.3, 0.4) is 0 Å². The Morgan fingerprint density at radius 2 is 2.00 bits per heavy atom. The zero-order chi connectivity index (χ0) is 13.0. The minimum atomic E-state index is 0.297. The van der Waals surface area contributed by atoms with Crippen molar-refractivity contribution in [2.45, 2.75) is 33.3 Å². The predicted octanol–water partition coefficient (Wildman–Crippen LogP) is 2.37. The van der Waals surface area contributed by atoms with E-state index in [1.807, 2.05) is 0 Å². The summed E-state index contributed by atoms with van der Waals surface area (Å²) in [5, 5.41) is 3.33. The van der Waals surface area contributed by atoms with Gasteiger partial charge in [0.15, 0.2) is 0 Å². The molecule has 0 saturated carbocycles. The van der Waals surface area contributed by atoms with E-state index in [0.29, 0.717) is 6.10 Å². The minimum Gasteiger partial charge on any atom is -0.493 e. The van der Waals surface area contributed by atoms with Crippen LogP contribution < -0.4 is 10.1 Å². The average Bonchev–Trinajstić information content (AvgIpc) is 2.37. The smallest absolute Gasteiger partial charge is 0.122 e. The highest BCUT2D eigenvalue weighted by molar-refractivity contribution is 5.40. The minimum absolute atomic E-state index is 0.297. The summed E-state index contributed by atoms with van der Waals surface area (Å²) in [6, 6.07) is 4.31. The molecule has 3 nitrogen and oxygen atoms in total. The van der Waals surface area contributed by atoms with Gasteiger partial charge in [-0.25, -0.2) is 0 Å². The molecule has 0 bridgehead atoms. The maximum atomic E-state index is 5.87. The number of hydrogen-bond acceptors (Lipinski definition) is 3. The van der Waals surface area contributed by atoms with Crippen molar-refractivity contribution in [2.24, 2.45) is 0 Å². The molecule has 1 atom stereocenters. The molecule has 1 saturated heterocycles. The molecule has 3 heteroatoms. The summed E-state index contributed by atoms with van der Waals surface area (Å²) in [7, 11) is 0. The third-order valence-corrected chi connectivity index (χ3v) is 3.49. The molecule has 1 N–H and O–H groups in total. The van der Waals surface area contributed by atoms with Crippen molar-refractivity contribution < 1.29 is 9.47 Å². The Hall–Kier alpha value is -1.06. The van der Waals surface area contributed by atoms with Crippen molar-refractivity contribution in [3.63, 3.8) is 0 Å². The van der Waals surface area contributed by atoms with Gasteiger partial charge in [0.1, 0.15) is 5.75 Å². The number of morpholine rings is 1. The van der Waals surface area contributed by atoms with Crippen LogP contribution in [0.15, 0.2) is 12.1 Å². The van der Waals surface area contributed by atoms with Gasteiger partial charge >= 0.3 is 0 Å². The second-order valence-corrected chi connectivity index (χ2v) is 5.04. The van der Waals surface area contributed by atoms with Crippen LogP contribution in [0.2, 0.25) is 0 Å². The zero-order valence-electron chi connectivity index (χ0n) is 11.6. The largest absolute Gasteiger partial charge is 0.493 e. The first kappa shape index (κ1) is 13.4. The Morgan fingerprint density at radius 3 is 2.72 bits per heavy atom. The lowest BCUT2D eigenvalue weighted by atomic mass is 10.1. The maximum Gasteiger partial charge on any atom is 0.122 e. The third-order valence-electron chi connectivity index (χ3n) is 3.49. The third kappa shape index (κ3) is 3.47. The molecule has 0 amide bonds. The SMILES string of the molecule is Cc1cc(C)c(OCCC2CNCCO2)cc1C. The van der Waals surface area contributed by atoms with E-state index in [-0.39, 0.29) is 0 Å². The van der Waals surface area contributed by atoms with E-state index in [1.54, 1.807) is 0 Å². The Labute approximate surface area is 109 Å². The molecule has 0 aliphatic carbocycles. The molecule has 18 heavy (non-hydrogen) atoms. The van der Waals surface area contributed by atoms with Gasteiger partial charge in [-0.15, -0.1) is 0 Å². The molecule has 0 radical (unpaired) electrons. The Balaban J connectivity index is 1.84. The summed E-state index contributed by atoms with van der Waals surface area (Å²) in [6.45, 7) is 9.79. The number of ether oxygens (including phenoxy) is 2. The molecule has 0 aromatic heterocycles. The van der Waals surface area contributed by atoms with Gasteiger partial charge in [-0.2, -0.15) is 0 Å². The van der Waals surface area contributed by atoms with Gasteiger partial charge in [-0.1, -0.05) is 6.07 Å². The number of rotatable bonds is 4. The highest BCUT2D eigenvalue weighted by atomic mass is 16.5.